The Morgan fingerprint density at radius 1 is 1.35 bits per heavy atom. The summed E-state index contributed by atoms with van der Waals surface area (Å²) in [5, 5.41) is 5.65. The Hall–Kier alpha value is -0.840. The predicted molar refractivity (Wildman–Crippen MR) is 88.5 cm³/mol. The molecule has 1 amide bonds. The second kappa shape index (κ2) is 6.74. The number of amides is 1. The van der Waals surface area contributed by atoms with Crippen molar-refractivity contribution in [1.29, 1.82) is 0 Å². The van der Waals surface area contributed by atoms with E-state index >= 15 is 0 Å². The van der Waals surface area contributed by atoms with Gasteiger partial charge in [-0.1, -0.05) is 47.4 Å². The van der Waals surface area contributed by atoms with Gasteiger partial charge in [-0.25, -0.2) is 0 Å². The summed E-state index contributed by atoms with van der Waals surface area (Å²) in [6.45, 7) is 4.19. The van der Waals surface area contributed by atoms with Crippen LogP contribution in [0.4, 0.5) is 0 Å². The number of hydrogen-bond acceptors (Lipinski definition) is 2. The summed E-state index contributed by atoms with van der Waals surface area (Å²) in [7, 11) is 0. The van der Waals surface area contributed by atoms with Gasteiger partial charge < -0.3 is 5.32 Å². The van der Waals surface area contributed by atoms with Crippen molar-refractivity contribution in [3.63, 3.8) is 0 Å². The smallest absolute Gasteiger partial charge is 0.251 e. The van der Waals surface area contributed by atoms with Crippen molar-refractivity contribution in [3.8, 4) is 0 Å². The van der Waals surface area contributed by atoms with Crippen LogP contribution in [0, 0.1) is 5.92 Å². The summed E-state index contributed by atoms with van der Waals surface area (Å²) in [6, 6.07) is 9.26. The first-order chi connectivity index (χ1) is 9.47. The zero-order chi connectivity index (χ0) is 14.7. The van der Waals surface area contributed by atoms with Gasteiger partial charge in [0.05, 0.1) is 6.04 Å². The summed E-state index contributed by atoms with van der Waals surface area (Å²) < 4.78 is 0.798. The molecule has 0 aliphatic carbocycles. The topological polar surface area (TPSA) is 29.1 Å². The molecule has 1 N–H and O–H groups in total. The molecule has 106 valence electrons. The summed E-state index contributed by atoms with van der Waals surface area (Å²) >= 11 is 11.0. The molecule has 1 unspecified atom stereocenters. The van der Waals surface area contributed by atoms with Crippen LogP contribution < -0.4 is 5.32 Å². The van der Waals surface area contributed by atoms with Crippen LogP contribution in [0.3, 0.4) is 0 Å². The van der Waals surface area contributed by atoms with Gasteiger partial charge in [-0.3, -0.25) is 4.79 Å². The molecule has 1 aromatic heterocycles. The highest BCUT2D eigenvalue weighted by atomic mass is 79.9. The van der Waals surface area contributed by atoms with E-state index in [2.05, 4.69) is 35.1 Å². The molecule has 2 aromatic rings. The lowest BCUT2D eigenvalue weighted by molar-refractivity contribution is 0.0926. The third kappa shape index (κ3) is 3.84. The van der Waals surface area contributed by atoms with E-state index in [1.807, 2.05) is 17.5 Å². The fourth-order valence-corrected chi connectivity index (χ4v) is 3.75. The Bertz CT molecular complexity index is 578. The number of carbonyl (C=O) groups is 1. The van der Waals surface area contributed by atoms with Crippen LogP contribution in [0.1, 0.15) is 35.1 Å². The first kappa shape index (κ1) is 15.5. The van der Waals surface area contributed by atoms with E-state index in [1.165, 1.54) is 0 Å². The Morgan fingerprint density at radius 3 is 2.65 bits per heavy atom. The van der Waals surface area contributed by atoms with Crippen molar-refractivity contribution in [2.24, 2.45) is 5.92 Å². The lowest BCUT2D eigenvalue weighted by Crippen LogP contribution is -2.31. The molecule has 0 fully saturated rings. The molecular formula is C15H15BrClNOS. The molecule has 0 saturated heterocycles. The van der Waals surface area contributed by atoms with Crippen molar-refractivity contribution >= 4 is 44.8 Å². The molecule has 0 bridgehead atoms. The van der Waals surface area contributed by atoms with Gasteiger partial charge in [0.1, 0.15) is 0 Å². The number of rotatable bonds is 4. The quantitative estimate of drug-likeness (QED) is 0.776. The monoisotopic (exact) mass is 371 g/mol. The first-order valence-electron chi connectivity index (χ1n) is 6.27. The number of nitrogens with one attached hydrogen (secondary N) is 1. The minimum Gasteiger partial charge on any atom is -0.344 e. The van der Waals surface area contributed by atoms with E-state index in [-0.39, 0.29) is 11.9 Å². The van der Waals surface area contributed by atoms with Gasteiger partial charge in [0.15, 0.2) is 0 Å². The van der Waals surface area contributed by atoms with Crippen molar-refractivity contribution in [2.75, 3.05) is 0 Å². The molecule has 1 aromatic carbocycles. The fourth-order valence-electron chi connectivity index (χ4n) is 1.94. The normalized spacial score (nSPS) is 12.4. The number of thiophene rings is 1. The van der Waals surface area contributed by atoms with Crippen molar-refractivity contribution in [3.05, 3.63) is 55.6 Å². The van der Waals surface area contributed by atoms with Gasteiger partial charge >= 0.3 is 0 Å². The largest absolute Gasteiger partial charge is 0.344 e. The standard InChI is InChI=1S/C15H15BrClNOS/c1-9(2)14(13-4-3-5-20-13)18-15(19)10-6-11(16)8-12(17)7-10/h3-9,14H,1-2H3,(H,18,19). The summed E-state index contributed by atoms with van der Waals surface area (Å²) in [6.07, 6.45) is 0. The molecule has 20 heavy (non-hydrogen) atoms. The van der Waals surface area contributed by atoms with E-state index in [0.717, 1.165) is 9.35 Å². The highest BCUT2D eigenvalue weighted by molar-refractivity contribution is 9.10. The molecule has 0 aliphatic heterocycles. The highest BCUT2D eigenvalue weighted by Gasteiger charge is 2.20. The maximum Gasteiger partial charge on any atom is 0.251 e. The van der Waals surface area contributed by atoms with Crippen LogP contribution in [-0.2, 0) is 0 Å². The third-order valence-electron chi connectivity index (χ3n) is 2.93. The predicted octanol–water partition coefficient (Wildman–Crippen LogP) is 5.29. The number of halogens is 2. The van der Waals surface area contributed by atoms with Crippen LogP contribution in [0.2, 0.25) is 5.02 Å². The Labute approximate surface area is 136 Å². The number of carbonyl (C=O) groups excluding carboxylic acids is 1. The molecule has 0 radical (unpaired) electrons. The number of hydrogen-bond donors (Lipinski definition) is 1. The highest BCUT2D eigenvalue weighted by Crippen LogP contribution is 2.27. The van der Waals surface area contributed by atoms with Gasteiger partial charge in [0, 0.05) is 19.9 Å². The van der Waals surface area contributed by atoms with E-state index in [1.54, 1.807) is 29.5 Å². The maximum atomic E-state index is 12.4. The number of benzene rings is 1. The molecule has 5 heteroatoms. The van der Waals surface area contributed by atoms with Crippen LogP contribution in [0.15, 0.2) is 40.2 Å². The minimum absolute atomic E-state index is 0.0141. The van der Waals surface area contributed by atoms with Crippen LogP contribution in [-0.4, -0.2) is 5.91 Å². The summed E-state index contributed by atoms with van der Waals surface area (Å²) in [5.74, 6) is 0.209. The summed E-state index contributed by atoms with van der Waals surface area (Å²) in [4.78, 5) is 13.5. The van der Waals surface area contributed by atoms with Gasteiger partial charge in [0.25, 0.3) is 5.91 Å². The Balaban J connectivity index is 2.20. The van der Waals surface area contributed by atoms with Crippen molar-refractivity contribution in [2.45, 2.75) is 19.9 Å². The molecule has 1 heterocycles. The zero-order valence-electron chi connectivity index (χ0n) is 11.2. The van der Waals surface area contributed by atoms with Gasteiger partial charge in [0.2, 0.25) is 0 Å². The average molecular weight is 373 g/mol. The second-order valence-electron chi connectivity index (χ2n) is 4.87. The van der Waals surface area contributed by atoms with E-state index < -0.39 is 0 Å². The lowest BCUT2D eigenvalue weighted by atomic mass is 10.0. The third-order valence-corrected chi connectivity index (χ3v) is 4.56. The molecule has 1 atom stereocenters. The molecule has 0 aliphatic rings. The average Bonchev–Trinajstić information content (AvgIpc) is 2.87. The van der Waals surface area contributed by atoms with Gasteiger partial charge in [-0.2, -0.15) is 0 Å². The zero-order valence-corrected chi connectivity index (χ0v) is 14.3. The Morgan fingerprint density at radius 2 is 2.10 bits per heavy atom. The minimum atomic E-state index is -0.111. The van der Waals surface area contributed by atoms with Gasteiger partial charge in [-0.05, 0) is 35.6 Å². The first-order valence-corrected chi connectivity index (χ1v) is 8.33. The second-order valence-corrected chi connectivity index (χ2v) is 7.20. The van der Waals surface area contributed by atoms with Crippen LogP contribution >= 0.6 is 38.9 Å². The Kier molecular flexibility index (Phi) is 5.24. The fraction of sp³-hybridized carbons (Fsp3) is 0.267. The molecule has 0 spiro atoms. The van der Waals surface area contributed by atoms with E-state index in [4.69, 9.17) is 11.6 Å². The van der Waals surface area contributed by atoms with Crippen LogP contribution in [0.25, 0.3) is 0 Å². The van der Waals surface area contributed by atoms with Gasteiger partial charge in [-0.15, -0.1) is 11.3 Å². The van der Waals surface area contributed by atoms with E-state index in [9.17, 15) is 4.79 Å². The van der Waals surface area contributed by atoms with Crippen molar-refractivity contribution in [1.82, 2.24) is 5.32 Å². The molecule has 0 saturated carbocycles. The summed E-state index contributed by atoms with van der Waals surface area (Å²) in [5.41, 5.74) is 0.562. The molecular weight excluding hydrogens is 358 g/mol. The molecule has 2 rings (SSSR count). The SMILES string of the molecule is CC(C)C(NC(=O)c1cc(Cl)cc(Br)c1)c1cccs1. The van der Waals surface area contributed by atoms with Crippen LogP contribution in [0.5, 0.6) is 0 Å². The molecule has 2 nitrogen and oxygen atoms in total. The van der Waals surface area contributed by atoms with E-state index in [0.29, 0.717) is 16.5 Å². The maximum absolute atomic E-state index is 12.4. The lowest BCUT2D eigenvalue weighted by Gasteiger charge is -2.21. The van der Waals surface area contributed by atoms with Crippen molar-refractivity contribution < 1.29 is 4.79 Å².